The van der Waals surface area contributed by atoms with E-state index >= 15 is 0 Å². The average molecular weight is 406 g/mol. The number of hydrogen-bond donors (Lipinski definition) is 0. The minimum absolute atomic E-state index is 0.0480. The zero-order valence-corrected chi connectivity index (χ0v) is 16.9. The van der Waals surface area contributed by atoms with E-state index in [-0.39, 0.29) is 35.9 Å². The van der Waals surface area contributed by atoms with Crippen LogP contribution in [0.15, 0.2) is 48.5 Å². The molecule has 5 heteroatoms. The molecule has 2 aliphatic rings. The Hall–Kier alpha value is -2.17. The van der Waals surface area contributed by atoms with Gasteiger partial charge in [-0.3, -0.25) is 0 Å². The maximum Gasteiger partial charge on any atom is 0.200 e. The molecule has 0 saturated heterocycles. The molecule has 158 valence electrons. The summed E-state index contributed by atoms with van der Waals surface area (Å²) in [6.07, 6.45) is 9.35. The van der Waals surface area contributed by atoms with Gasteiger partial charge in [0, 0.05) is 12.0 Å². The Morgan fingerprint density at radius 3 is 2.48 bits per heavy atom. The summed E-state index contributed by atoms with van der Waals surface area (Å²) in [7, 11) is 0. The van der Waals surface area contributed by atoms with Crippen LogP contribution in [0.25, 0.3) is 0 Å². The lowest BCUT2D eigenvalue weighted by atomic mass is 9.72. The smallest absolute Gasteiger partial charge is 0.200 e. The van der Waals surface area contributed by atoms with E-state index in [1.165, 1.54) is 12.1 Å². The van der Waals surface area contributed by atoms with E-state index in [0.29, 0.717) is 30.8 Å². The van der Waals surface area contributed by atoms with Crippen LogP contribution >= 0.6 is 0 Å². The van der Waals surface area contributed by atoms with E-state index in [1.54, 1.807) is 12.1 Å². The first-order valence-corrected chi connectivity index (χ1v) is 10.5. The number of allylic oxidation sites excluding steroid dienone is 3. The Bertz CT molecular complexity index is 777. The van der Waals surface area contributed by atoms with Gasteiger partial charge in [0.05, 0.1) is 13.2 Å². The summed E-state index contributed by atoms with van der Waals surface area (Å²) in [5.74, 6) is -1.30. The maximum absolute atomic E-state index is 14.6. The fourth-order valence-electron chi connectivity index (χ4n) is 4.40. The molecule has 0 radical (unpaired) electrons. The molecule has 2 nitrogen and oxygen atoms in total. The van der Waals surface area contributed by atoms with Crippen molar-refractivity contribution in [1.82, 2.24) is 0 Å². The second-order valence-electron chi connectivity index (χ2n) is 7.73. The molecule has 0 heterocycles. The normalized spacial score (nSPS) is 24.5. The topological polar surface area (TPSA) is 18.5 Å². The van der Waals surface area contributed by atoms with Crippen molar-refractivity contribution in [2.24, 2.45) is 11.8 Å². The lowest BCUT2D eigenvalue weighted by Gasteiger charge is -2.34. The Kier molecular flexibility index (Phi) is 7.45. The molecule has 0 aromatic heterocycles. The highest BCUT2D eigenvalue weighted by Gasteiger charge is 2.33. The molecule has 0 N–H and O–H groups in total. The SMILES string of the molecule is C=CCCOc1ccc(C2CCC(C3CC=C(OCC)C=C3F)CC2)c(F)c1F. The number of halogens is 3. The second-order valence-corrected chi connectivity index (χ2v) is 7.73. The predicted molar refractivity (Wildman–Crippen MR) is 108 cm³/mol. The summed E-state index contributed by atoms with van der Waals surface area (Å²) < 4.78 is 54.2. The quantitative estimate of drug-likeness (QED) is 0.342. The summed E-state index contributed by atoms with van der Waals surface area (Å²) in [6, 6.07) is 3.14. The van der Waals surface area contributed by atoms with Gasteiger partial charge in [-0.1, -0.05) is 12.1 Å². The van der Waals surface area contributed by atoms with Gasteiger partial charge in [0.2, 0.25) is 5.82 Å². The van der Waals surface area contributed by atoms with Crippen molar-refractivity contribution >= 4 is 0 Å². The molecule has 29 heavy (non-hydrogen) atoms. The van der Waals surface area contributed by atoms with Crippen molar-refractivity contribution in [1.29, 1.82) is 0 Å². The van der Waals surface area contributed by atoms with Crippen LogP contribution in [-0.4, -0.2) is 13.2 Å². The van der Waals surface area contributed by atoms with Crippen LogP contribution in [0, 0.1) is 23.5 Å². The van der Waals surface area contributed by atoms with Gasteiger partial charge in [0.15, 0.2) is 11.6 Å². The number of ether oxygens (including phenoxy) is 2. The molecule has 0 aliphatic heterocycles. The first-order chi connectivity index (χ1) is 14.0. The molecule has 3 rings (SSSR count). The standard InChI is InChI=1S/C24H29F3O2/c1-3-5-14-29-22-13-12-20(23(26)24(22)27)17-8-6-16(7-9-17)19-11-10-18(28-4-2)15-21(19)25/h3,10,12-13,15-17,19H,1,4-9,11,14H2,2H3. The van der Waals surface area contributed by atoms with Crippen molar-refractivity contribution in [2.45, 2.75) is 51.4 Å². The minimum Gasteiger partial charge on any atom is -0.494 e. The Morgan fingerprint density at radius 1 is 1.07 bits per heavy atom. The predicted octanol–water partition coefficient (Wildman–Crippen LogP) is 6.99. The van der Waals surface area contributed by atoms with Crippen LogP contribution in [-0.2, 0) is 4.74 Å². The summed E-state index contributed by atoms with van der Waals surface area (Å²) in [6.45, 7) is 6.24. The van der Waals surface area contributed by atoms with Crippen LogP contribution in [0.4, 0.5) is 13.2 Å². The third kappa shape index (κ3) is 5.06. The lowest BCUT2D eigenvalue weighted by molar-refractivity contribution is 0.208. The highest BCUT2D eigenvalue weighted by Crippen LogP contribution is 2.44. The molecular weight excluding hydrogens is 377 g/mol. The number of rotatable bonds is 8. The van der Waals surface area contributed by atoms with Crippen molar-refractivity contribution in [3.05, 3.63) is 65.7 Å². The lowest BCUT2D eigenvalue weighted by Crippen LogP contribution is -2.23. The van der Waals surface area contributed by atoms with E-state index in [4.69, 9.17) is 9.47 Å². The number of hydrogen-bond acceptors (Lipinski definition) is 2. The van der Waals surface area contributed by atoms with Crippen molar-refractivity contribution in [2.75, 3.05) is 13.2 Å². The summed E-state index contributed by atoms with van der Waals surface area (Å²) in [5, 5.41) is 0. The van der Waals surface area contributed by atoms with Gasteiger partial charge in [0.25, 0.3) is 0 Å². The molecule has 1 saturated carbocycles. The molecule has 1 unspecified atom stereocenters. The molecule has 1 aromatic carbocycles. The van der Waals surface area contributed by atoms with E-state index in [2.05, 4.69) is 6.58 Å². The van der Waals surface area contributed by atoms with Crippen molar-refractivity contribution in [3.63, 3.8) is 0 Å². The zero-order chi connectivity index (χ0) is 20.8. The van der Waals surface area contributed by atoms with E-state index in [0.717, 1.165) is 25.7 Å². The molecule has 1 fully saturated rings. The maximum atomic E-state index is 14.6. The zero-order valence-electron chi connectivity index (χ0n) is 16.9. The first kappa shape index (κ1) is 21.5. The summed E-state index contributed by atoms with van der Waals surface area (Å²) in [4.78, 5) is 0. The van der Waals surface area contributed by atoms with Gasteiger partial charge in [-0.15, -0.1) is 6.58 Å². The highest BCUT2D eigenvalue weighted by atomic mass is 19.2. The summed E-state index contributed by atoms with van der Waals surface area (Å²) >= 11 is 0. The largest absolute Gasteiger partial charge is 0.494 e. The van der Waals surface area contributed by atoms with Gasteiger partial charge in [-0.05, 0) is 75.0 Å². The Labute approximate surface area is 171 Å². The van der Waals surface area contributed by atoms with E-state index in [9.17, 15) is 13.2 Å². The third-order valence-corrected chi connectivity index (χ3v) is 5.96. The van der Waals surface area contributed by atoms with Gasteiger partial charge >= 0.3 is 0 Å². The number of benzene rings is 1. The van der Waals surface area contributed by atoms with Gasteiger partial charge in [-0.25, -0.2) is 8.78 Å². The molecule has 0 amide bonds. The van der Waals surface area contributed by atoms with Gasteiger partial charge in [0.1, 0.15) is 11.6 Å². The van der Waals surface area contributed by atoms with E-state index < -0.39 is 11.6 Å². The third-order valence-electron chi connectivity index (χ3n) is 5.96. The Balaban J connectivity index is 1.60. The summed E-state index contributed by atoms with van der Waals surface area (Å²) in [5.41, 5.74) is 0.398. The minimum atomic E-state index is -0.927. The molecular formula is C24H29F3O2. The first-order valence-electron chi connectivity index (χ1n) is 10.5. The van der Waals surface area contributed by atoms with Crippen molar-refractivity contribution in [3.8, 4) is 5.75 Å². The van der Waals surface area contributed by atoms with Crippen LogP contribution in [0.5, 0.6) is 5.75 Å². The van der Waals surface area contributed by atoms with Crippen LogP contribution < -0.4 is 4.74 Å². The van der Waals surface area contributed by atoms with Crippen molar-refractivity contribution < 1.29 is 22.6 Å². The van der Waals surface area contributed by atoms with Crippen LogP contribution in [0.3, 0.4) is 0 Å². The monoisotopic (exact) mass is 406 g/mol. The fraction of sp³-hybridized carbons (Fsp3) is 0.500. The Morgan fingerprint density at radius 2 is 1.83 bits per heavy atom. The molecule has 1 atom stereocenters. The van der Waals surface area contributed by atoms with Crippen LogP contribution in [0.1, 0.15) is 56.9 Å². The van der Waals surface area contributed by atoms with Gasteiger partial charge < -0.3 is 9.47 Å². The van der Waals surface area contributed by atoms with Gasteiger partial charge in [-0.2, -0.15) is 4.39 Å². The second kappa shape index (κ2) is 10.0. The molecule has 2 aliphatic carbocycles. The van der Waals surface area contributed by atoms with E-state index in [1.807, 2.05) is 13.0 Å². The van der Waals surface area contributed by atoms with Crippen LogP contribution in [0.2, 0.25) is 0 Å². The average Bonchev–Trinajstić information content (AvgIpc) is 2.72. The molecule has 1 aromatic rings. The molecule has 0 spiro atoms. The highest BCUT2D eigenvalue weighted by molar-refractivity contribution is 5.33. The fourth-order valence-corrected chi connectivity index (χ4v) is 4.40. The molecule has 0 bridgehead atoms.